The van der Waals surface area contributed by atoms with E-state index in [0.717, 1.165) is 0 Å². The lowest BCUT2D eigenvalue weighted by Crippen LogP contribution is -2.03. The lowest BCUT2D eigenvalue weighted by atomic mass is 10.2. The van der Waals surface area contributed by atoms with Crippen LogP contribution < -0.4 is 0 Å². The summed E-state index contributed by atoms with van der Waals surface area (Å²) in [5.74, 6) is 0. The molecule has 100 valence electrons. The van der Waals surface area contributed by atoms with E-state index in [1.165, 1.54) is 18.2 Å². The number of allylic oxidation sites excluding steroid dienone is 1. The Kier molecular flexibility index (Phi) is 4.23. The summed E-state index contributed by atoms with van der Waals surface area (Å²) < 4.78 is 24.7. The van der Waals surface area contributed by atoms with Crippen LogP contribution in [-0.2, 0) is 9.84 Å². The zero-order valence-electron chi connectivity index (χ0n) is 10.3. The van der Waals surface area contributed by atoms with Crippen molar-refractivity contribution in [1.82, 2.24) is 0 Å². The smallest absolute Gasteiger partial charge is 0.216 e. The van der Waals surface area contributed by atoms with Crippen molar-refractivity contribution in [2.45, 2.75) is 4.90 Å². The second-order valence-electron chi connectivity index (χ2n) is 3.99. The molecule has 2 aromatic carbocycles. The maximum Gasteiger partial charge on any atom is 0.216 e. The lowest BCUT2D eigenvalue weighted by Gasteiger charge is -2.03. The molecule has 0 amide bonds. The van der Waals surface area contributed by atoms with Gasteiger partial charge < -0.3 is 0 Å². The van der Waals surface area contributed by atoms with Gasteiger partial charge in [-0.05, 0) is 35.9 Å². The van der Waals surface area contributed by atoms with Gasteiger partial charge in [0.15, 0.2) is 0 Å². The fourth-order valence-corrected chi connectivity index (χ4v) is 3.02. The van der Waals surface area contributed by atoms with Gasteiger partial charge in [0.05, 0.1) is 4.90 Å². The van der Waals surface area contributed by atoms with Crippen molar-refractivity contribution in [3.63, 3.8) is 0 Å². The SMILES string of the molecule is N#CC(=Cc1cccc(Cl)c1)S(=O)(=O)c1ccccc1. The maximum absolute atomic E-state index is 12.3. The standard InChI is InChI=1S/C15H10ClNO2S/c16-13-6-4-5-12(9-13)10-15(11-17)20(18,19)14-7-2-1-3-8-14/h1-10H. The highest BCUT2D eigenvalue weighted by Crippen LogP contribution is 2.21. The Balaban J connectivity index is 2.51. The minimum atomic E-state index is -3.81. The topological polar surface area (TPSA) is 57.9 Å². The molecule has 0 aliphatic rings. The van der Waals surface area contributed by atoms with E-state index in [0.29, 0.717) is 10.6 Å². The van der Waals surface area contributed by atoms with Crippen molar-refractivity contribution in [2.24, 2.45) is 0 Å². The van der Waals surface area contributed by atoms with Gasteiger partial charge in [-0.25, -0.2) is 8.42 Å². The van der Waals surface area contributed by atoms with E-state index in [2.05, 4.69) is 0 Å². The largest absolute Gasteiger partial charge is 0.218 e. The minimum Gasteiger partial charge on any atom is -0.218 e. The molecular formula is C15H10ClNO2S. The van der Waals surface area contributed by atoms with Crippen LogP contribution >= 0.6 is 11.6 Å². The molecule has 0 saturated carbocycles. The highest BCUT2D eigenvalue weighted by atomic mass is 35.5. The minimum absolute atomic E-state index is 0.0924. The Morgan fingerprint density at radius 2 is 1.80 bits per heavy atom. The molecule has 0 N–H and O–H groups in total. The van der Waals surface area contributed by atoms with E-state index in [1.54, 1.807) is 48.5 Å². The van der Waals surface area contributed by atoms with Crippen LogP contribution in [0.15, 0.2) is 64.4 Å². The lowest BCUT2D eigenvalue weighted by molar-refractivity contribution is 0.603. The van der Waals surface area contributed by atoms with Crippen molar-refractivity contribution in [2.75, 3.05) is 0 Å². The third kappa shape index (κ3) is 3.08. The Labute approximate surface area is 122 Å². The van der Waals surface area contributed by atoms with Gasteiger partial charge in [0.1, 0.15) is 11.0 Å². The third-order valence-corrected chi connectivity index (χ3v) is 4.52. The summed E-state index contributed by atoms with van der Waals surface area (Å²) in [6, 6.07) is 16.2. The number of nitriles is 1. The molecule has 2 aromatic rings. The highest BCUT2D eigenvalue weighted by molar-refractivity contribution is 7.95. The predicted octanol–water partition coefficient (Wildman–Crippen LogP) is 3.68. The molecule has 0 heterocycles. The number of benzene rings is 2. The average molecular weight is 304 g/mol. The first-order valence-corrected chi connectivity index (χ1v) is 7.57. The van der Waals surface area contributed by atoms with Gasteiger partial charge >= 0.3 is 0 Å². The van der Waals surface area contributed by atoms with Crippen LogP contribution in [0.2, 0.25) is 5.02 Å². The summed E-state index contributed by atoms with van der Waals surface area (Å²) >= 11 is 5.84. The third-order valence-electron chi connectivity index (χ3n) is 2.60. The van der Waals surface area contributed by atoms with Crippen LogP contribution in [0.5, 0.6) is 0 Å². The van der Waals surface area contributed by atoms with Crippen molar-refractivity contribution >= 4 is 27.5 Å². The van der Waals surface area contributed by atoms with Crippen LogP contribution in [-0.4, -0.2) is 8.42 Å². The molecule has 0 fully saturated rings. The first-order chi connectivity index (χ1) is 9.54. The number of nitrogens with zero attached hydrogens (tertiary/aromatic N) is 1. The van der Waals surface area contributed by atoms with Crippen molar-refractivity contribution in [3.05, 3.63) is 70.1 Å². The Morgan fingerprint density at radius 1 is 1.10 bits per heavy atom. The maximum atomic E-state index is 12.3. The molecule has 3 nitrogen and oxygen atoms in total. The summed E-state index contributed by atoms with van der Waals surface area (Å²) in [5, 5.41) is 9.60. The molecule has 20 heavy (non-hydrogen) atoms. The number of hydrogen-bond donors (Lipinski definition) is 0. The Morgan fingerprint density at radius 3 is 2.40 bits per heavy atom. The van der Waals surface area contributed by atoms with Crippen molar-refractivity contribution < 1.29 is 8.42 Å². The van der Waals surface area contributed by atoms with E-state index in [9.17, 15) is 8.42 Å². The predicted molar refractivity (Wildman–Crippen MR) is 78.7 cm³/mol. The zero-order chi connectivity index (χ0) is 14.6. The van der Waals surface area contributed by atoms with Gasteiger partial charge in [-0.1, -0.05) is 41.9 Å². The average Bonchev–Trinajstić information content (AvgIpc) is 2.45. The van der Waals surface area contributed by atoms with Gasteiger partial charge in [0.2, 0.25) is 9.84 Å². The summed E-state index contributed by atoms with van der Waals surface area (Å²) in [6.07, 6.45) is 1.31. The van der Waals surface area contributed by atoms with E-state index in [-0.39, 0.29) is 9.80 Å². The van der Waals surface area contributed by atoms with Gasteiger partial charge in [-0.3, -0.25) is 0 Å². The molecule has 5 heteroatoms. The summed E-state index contributed by atoms with van der Waals surface area (Å²) in [5.41, 5.74) is 0.563. The fraction of sp³-hybridized carbons (Fsp3) is 0. The molecular weight excluding hydrogens is 294 g/mol. The van der Waals surface area contributed by atoms with Crippen LogP contribution in [0.1, 0.15) is 5.56 Å². The Hall–Kier alpha value is -2.09. The first-order valence-electron chi connectivity index (χ1n) is 5.71. The Bertz CT molecular complexity index is 790. The van der Waals surface area contributed by atoms with Gasteiger partial charge in [-0.15, -0.1) is 0 Å². The fourth-order valence-electron chi connectivity index (χ4n) is 1.64. The first kappa shape index (κ1) is 14.3. The zero-order valence-corrected chi connectivity index (χ0v) is 11.9. The van der Waals surface area contributed by atoms with Gasteiger partial charge in [-0.2, -0.15) is 5.26 Å². The number of hydrogen-bond acceptors (Lipinski definition) is 3. The normalized spacial score (nSPS) is 11.9. The van der Waals surface area contributed by atoms with Gasteiger partial charge in [0.25, 0.3) is 0 Å². The highest BCUT2D eigenvalue weighted by Gasteiger charge is 2.20. The molecule has 0 radical (unpaired) electrons. The molecule has 0 aliphatic heterocycles. The van der Waals surface area contributed by atoms with Gasteiger partial charge in [0, 0.05) is 5.02 Å². The summed E-state index contributed by atoms with van der Waals surface area (Å²) in [7, 11) is -3.81. The molecule has 0 unspecified atom stereocenters. The van der Waals surface area contributed by atoms with Crippen LogP contribution in [0, 0.1) is 11.3 Å². The van der Waals surface area contributed by atoms with Crippen LogP contribution in [0.3, 0.4) is 0 Å². The van der Waals surface area contributed by atoms with E-state index >= 15 is 0 Å². The molecule has 0 aromatic heterocycles. The van der Waals surface area contributed by atoms with Crippen molar-refractivity contribution in [1.29, 1.82) is 5.26 Å². The van der Waals surface area contributed by atoms with E-state index < -0.39 is 9.84 Å². The molecule has 0 bridgehead atoms. The van der Waals surface area contributed by atoms with Crippen molar-refractivity contribution in [3.8, 4) is 6.07 Å². The molecule has 2 rings (SSSR count). The second-order valence-corrected chi connectivity index (χ2v) is 6.35. The van der Waals surface area contributed by atoms with E-state index in [1.807, 2.05) is 0 Å². The van der Waals surface area contributed by atoms with Crippen LogP contribution in [0.4, 0.5) is 0 Å². The summed E-state index contributed by atoms with van der Waals surface area (Å²) in [6.45, 7) is 0. The van der Waals surface area contributed by atoms with Crippen LogP contribution in [0.25, 0.3) is 6.08 Å². The summed E-state index contributed by atoms with van der Waals surface area (Å²) in [4.78, 5) is -0.221. The monoisotopic (exact) mass is 303 g/mol. The quantitative estimate of drug-likeness (QED) is 0.813. The number of rotatable bonds is 3. The van der Waals surface area contributed by atoms with E-state index in [4.69, 9.17) is 16.9 Å². The number of sulfone groups is 1. The molecule has 0 aliphatic carbocycles. The second kappa shape index (κ2) is 5.91. The molecule has 0 saturated heterocycles. The molecule has 0 atom stereocenters. The number of halogens is 1. The molecule has 0 spiro atoms.